The number of rotatable bonds is 7. The molecule has 1 aromatic carbocycles. The van der Waals surface area contributed by atoms with Gasteiger partial charge in [-0.15, -0.1) is 0 Å². The lowest BCUT2D eigenvalue weighted by Gasteiger charge is -2.14. The fourth-order valence-corrected chi connectivity index (χ4v) is 1.40. The maximum atomic E-state index is 13.2. The lowest BCUT2D eigenvalue weighted by atomic mass is 10.3. The lowest BCUT2D eigenvalue weighted by molar-refractivity contribution is -0.146. The number of hydrogen-bond donors (Lipinski definition) is 2. The third kappa shape index (κ3) is 4.85. The standard InChI is InChI=1S/C13H16FNO5/c1-19-13(18)10(8-16)15-12(17)6-7-20-11-5-3-2-4-9(11)14/h2-5,10,16H,6-8H2,1H3,(H,15,17). The molecule has 110 valence electrons. The van der Waals surface area contributed by atoms with Crippen molar-refractivity contribution in [1.82, 2.24) is 5.32 Å². The number of aliphatic hydroxyl groups excluding tert-OH is 1. The van der Waals surface area contributed by atoms with Crippen LogP contribution in [0.4, 0.5) is 4.39 Å². The molecule has 6 nitrogen and oxygen atoms in total. The van der Waals surface area contributed by atoms with E-state index in [4.69, 9.17) is 9.84 Å². The van der Waals surface area contributed by atoms with E-state index in [0.29, 0.717) is 0 Å². The Morgan fingerprint density at radius 1 is 1.40 bits per heavy atom. The maximum Gasteiger partial charge on any atom is 0.330 e. The van der Waals surface area contributed by atoms with Gasteiger partial charge in [-0.25, -0.2) is 9.18 Å². The third-order valence-corrected chi connectivity index (χ3v) is 2.43. The van der Waals surface area contributed by atoms with Crippen LogP contribution in [0, 0.1) is 5.82 Å². The molecule has 1 atom stereocenters. The Labute approximate surface area is 115 Å². The SMILES string of the molecule is COC(=O)C(CO)NC(=O)CCOc1ccccc1F. The fraction of sp³-hybridized carbons (Fsp3) is 0.385. The van der Waals surface area contributed by atoms with Crippen LogP contribution in [0.2, 0.25) is 0 Å². The molecule has 0 aliphatic heterocycles. The molecule has 0 radical (unpaired) electrons. The summed E-state index contributed by atoms with van der Waals surface area (Å²) < 4.78 is 22.7. The Balaban J connectivity index is 2.37. The van der Waals surface area contributed by atoms with Crippen molar-refractivity contribution in [2.75, 3.05) is 20.3 Å². The quantitative estimate of drug-likeness (QED) is 0.701. The van der Waals surface area contributed by atoms with Crippen LogP contribution in [-0.4, -0.2) is 43.3 Å². The summed E-state index contributed by atoms with van der Waals surface area (Å²) in [7, 11) is 1.15. The molecule has 0 fully saturated rings. The van der Waals surface area contributed by atoms with Gasteiger partial charge in [0.1, 0.15) is 0 Å². The van der Waals surface area contributed by atoms with E-state index < -0.39 is 30.3 Å². The molecule has 1 amide bonds. The number of methoxy groups -OCH3 is 1. The van der Waals surface area contributed by atoms with Gasteiger partial charge in [-0.1, -0.05) is 12.1 Å². The molecule has 0 aromatic heterocycles. The summed E-state index contributed by atoms with van der Waals surface area (Å²) >= 11 is 0. The average Bonchev–Trinajstić information content (AvgIpc) is 2.46. The molecule has 20 heavy (non-hydrogen) atoms. The van der Waals surface area contributed by atoms with Gasteiger partial charge in [-0.2, -0.15) is 0 Å². The Kier molecular flexibility index (Phi) is 6.45. The largest absolute Gasteiger partial charge is 0.490 e. The lowest BCUT2D eigenvalue weighted by Crippen LogP contribution is -2.44. The van der Waals surface area contributed by atoms with Crippen molar-refractivity contribution in [2.45, 2.75) is 12.5 Å². The van der Waals surface area contributed by atoms with Crippen LogP contribution in [0.15, 0.2) is 24.3 Å². The van der Waals surface area contributed by atoms with Crippen molar-refractivity contribution < 1.29 is 28.6 Å². The normalized spacial score (nSPS) is 11.6. The molecule has 7 heteroatoms. The monoisotopic (exact) mass is 285 g/mol. The zero-order valence-corrected chi connectivity index (χ0v) is 11.0. The number of amides is 1. The molecule has 0 spiro atoms. The highest BCUT2D eigenvalue weighted by atomic mass is 19.1. The van der Waals surface area contributed by atoms with Crippen molar-refractivity contribution in [1.29, 1.82) is 0 Å². The van der Waals surface area contributed by atoms with Crippen LogP contribution in [0.1, 0.15) is 6.42 Å². The van der Waals surface area contributed by atoms with E-state index in [9.17, 15) is 14.0 Å². The zero-order chi connectivity index (χ0) is 15.0. The number of benzene rings is 1. The van der Waals surface area contributed by atoms with Gasteiger partial charge in [0.2, 0.25) is 5.91 Å². The van der Waals surface area contributed by atoms with Gasteiger partial charge >= 0.3 is 5.97 Å². The minimum absolute atomic E-state index is 0.0481. The van der Waals surface area contributed by atoms with Gasteiger partial charge in [0.05, 0.1) is 26.7 Å². The van der Waals surface area contributed by atoms with Crippen molar-refractivity contribution in [3.05, 3.63) is 30.1 Å². The number of carbonyl (C=O) groups excluding carboxylic acids is 2. The highest BCUT2D eigenvalue weighted by Crippen LogP contribution is 2.15. The molecule has 1 rings (SSSR count). The van der Waals surface area contributed by atoms with Crippen LogP contribution >= 0.6 is 0 Å². The Morgan fingerprint density at radius 2 is 2.10 bits per heavy atom. The summed E-state index contributed by atoms with van der Waals surface area (Å²) in [4.78, 5) is 22.6. The first kappa shape index (κ1) is 15.9. The van der Waals surface area contributed by atoms with Gasteiger partial charge in [0.15, 0.2) is 17.6 Å². The summed E-state index contributed by atoms with van der Waals surface area (Å²) in [6.45, 7) is -0.612. The van der Waals surface area contributed by atoms with Gasteiger partial charge in [-0.3, -0.25) is 4.79 Å². The van der Waals surface area contributed by atoms with E-state index in [1.54, 1.807) is 6.07 Å². The summed E-state index contributed by atoms with van der Waals surface area (Å²) in [5.74, 6) is -1.72. The molecule has 0 bridgehead atoms. The second-order valence-electron chi connectivity index (χ2n) is 3.85. The van der Waals surface area contributed by atoms with Crippen molar-refractivity contribution >= 4 is 11.9 Å². The predicted octanol–water partition coefficient (Wildman–Crippen LogP) is 0.245. The first-order valence-corrected chi connectivity index (χ1v) is 5.94. The smallest absolute Gasteiger partial charge is 0.330 e. The molecule has 1 unspecified atom stereocenters. The third-order valence-electron chi connectivity index (χ3n) is 2.43. The van der Waals surface area contributed by atoms with Gasteiger partial charge in [0.25, 0.3) is 0 Å². The Bertz CT molecular complexity index is 466. The van der Waals surface area contributed by atoms with Crippen LogP contribution in [-0.2, 0) is 14.3 Å². The highest BCUT2D eigenvalue weighted by Gasteiger charge is 2.20. The first-order valence-electron chi connectivity index (χ1n) is 5.94. The molecule has 0 aliphatic rings. The molecule has 1 aromatic rings. The van der Waals surface area contributed by atoms with Gasteiger partial charge < -0.3 is 19.9 Å². The van der Waals surface area contributed by atoms with Gasteiger partial charge in [-0.05, 0) is 12.1 Å². The number of aliphatic hydroxyl groups is 1. The summed E-state index contributed by atoms with van der Waals surface area (Å²) in [5, 5.41) is 11.2. The minimum Gasteiger partial charge on any atom is -0.490 e. The van der Waals surface area contributed by atoms with Crippen molar-refractivity contribution in [3.63, 3.8) is 0 Å². The minimum atomic E-state index is -1.11. The summed E-state index contributed by atoms with van der Waals surface area (Å²) in [6.07, 6.45) is -0.0815. The van der Waals surface area contributed by atoms with Crippen LogP contribution in [0.3, 0.4) is 0 Å². The highest BCUT2D eigenvalue weighted by molar-refractivity contribution is 5.84. The summed E-state index contributed by atoms with van der Waals surface area (Å²) in [5.41, 5.74) is 0. The van der Waals surface area contributed by atoms with E-state index in [1.807, 2.05) is 0 Å². The number of carbonyl (C=O) groups is 2. The van der Waals surface area contributed by atoms with Crippen LogP contribution < -0.4 is 10.1 Å². The van der Waals surface area contributed by atoms with E-state index in [0.717, 1.165) is 7.11 Å². The fourth-order valence-electron chi connectivity index (χ4n) is 1.40. The molecule has 2 N–H and O–H groups in total. The van der Waals surface area contributed by atoms with E-state index in [1.165, 1.54) is 18.2 Å². The number of halogens is 1. The predicted molar refractivity (Wildman–Crippen MR) is 67.5 cm³/mol. The van der Waals surface area contributed by atoms with Crippen LogP contribution in [0.5, 0.6) is 5.75 Å². The van der Waals surface area contributed by atoms with Crippen LogP contribution in [0.25, 0.3) is 0 Å². The topological polar surface area (TPSA) is 84.9 Å². The maximum absolute atomic E-state index is 13.2. The first-order chi connectivity index (χ1) is 9.58. The van der Waals surface area contributed by atoms with E-state index in [-0.39, 0.29) is 18.8 Å². The number of nitrogens with one attached hydrogen (secondary N) is 1. The molecule has 0 saturated carbocycles. The van der Waals surface area contributed by atoms with Gasteiger partial charge in [0, 0.05) is 0 Å². The number of esters is 1. The van der Waals surface area contributed by atoms with Crippen molar-refractivity contribution in [2.24, 2.45) is 0 Å². The number of para-hydroxylation sites is 1. The Hall–Kier alpha value is -2.15. The average molecular weight is 285 g/mol. The van der Waals surface area contributed by atoms with E-state index in [2.05, 4.69) is 10.1 Å². The molecule has 0 aliphatic carbocycles. The van der Waals surface area contributed by atoms with Crippen molar-refractivity contribution in [3.8, 4) is 5.75 Å². The molecule has 0 heterocycles. The second-order valence-corrected chi connectivity index (χ2v) is 3.85. The molecule has 0 saturated heterocycles. The zero-order valence-electron chi connectivity index (χ0n) is 11.0. The second kappa shape index (κ2) is 8.11. The number of hydrogen-bond acceptors (Lipinski definition) is 5. The Morgan fingerprint density at radius 3 is 2.70 bits per heavy atom. The number of ether oxygens (including phenoxy) is 2. The summed E-state index contributed by atoms with van der Waals surface area (Å²) in [6, 6.07) is 4.71. The van der Waals surface area contributed by atoms with E-state index >= 15 is 0 Å². The molecular formula is C13H16FNO5. The molecular weight excluding hydrogens is 269 g/mol.